The van der Waals surface area contributed by atoms with E-state index in [0.29, 0.717) is 16.7 Å². The molecule has 0 radical (unpaired) electrons. The fraction of sp³-hybridized carbons (Fsp3) is 0.0526. The van der Waals surface area contributed by atoms with E-state index < -0.39 is 30.5 Å². The topological polar surface area (TPSA) is 9.23 Å². The summed E-state index contributed by atoms with van der Waals surface area (Å²) in [6, 6.07) is 15.0. The Morgan fingerprint density at radius 2 is 1.33 bits per heavy atom. The quantitative estimate of drug-likeness (QED) is 0.110. The summed E-state index contributed by atoms with van der Waals surface area (Å²) in [6.45, 7) is 0. The first-order valence-corrected chi connectivity index (χ1v) is 9.06. The largest absolute Gasteiger partial charge is 0.673 e. The predicted octanol–water partition coefficient (Wildman–Crippen LogP) is 6.45. The average Bonchev–Trinajstić information content (AvgIpc) is 2.70. The van der Waals surface area contributed by atoms with Gasteiger partial charge in [-0.1, -0.05) is 30.3 Å². The van der Waals surface area contributed by atoms with Gasteiger partial charge in [-0.15, -0.1) is 0 Å². The zero-order chi connectivity index (χ0) is 22.5. The number of halogens is 8. The minimum Gasteiger partial charge on any atom is -0.497 e. The van der Waals surface area contributed by atoms with Crippen LogP contribution in [0.3, 0.4) is 0 Å². The molecule has 0 aliphatic heterocycles. The molecular formula is C19H13BF8OS. The van der Waals surface area contributed by atoms with Gasteiger partial charge in [-0.25, -0.2) is 13.2 Å². The number of thiol groups is 1. The van der Waals surface area contributed by atoms with Gasteiger partial charge in [-0.3, -0.25) is 0 Å². The first-order chi connectivity index (χ1) is 14.0. The van der Waals surface area contributed by atoms with Crippen LogP contribution in [0.4, 0.5) is 34.8 Å². The Morgan fingerprint density at radius 3 is 1.90 bits per heavy atom. The second-order valence-electron chi connectivity index (χ2n) is 5.68. The fourth-order valence-electron chi connectivity index (χ4n) is 2.36. The van der Waals surface area contributed by atoms with Gasteiger partial charge in [-0.05, 0) is 23.8 Å². The lowest BCUT2D eigenvalue weighted by atomic mass is 10.1. The van der Waals surface area contributed by atoms with Crippen molar-refractivity contribution < 1.29 is 39.6 Å². The smallest absolute Gasteiger partial charge is 0.497 e. The van der Waals surface area contributed by atoms with E-state index in [4.69, 9.17) is 4.74 Å². The van der Waals surface area contributed by atoms with Crippen molar-refractivity contribution in [1.82, 2.24) is 0 Å². The van der Waals surface area contributed by atoms with Gasteiger partial charge in [0.2, 0.25) is 11.6 Å². The summed E-state index contributed by atoms with van der Waals surface area (Å²) in [5.74, 6) is -5.84. The molecule has 0 saturated carbocycles. The van der Waals surface area contributed by atoms with Crippen molar-refractivity contribution in [1.29, 1.82) is 0 Å². The molecule has 0 N–H and O–H groups in total. The van der Waals surface area contributed by atoms with E-state index in [0.717, 1.165) is 11.1 Å². The molecular weight excluding hydrogens is 439 g/mol. The van der Waals surface area contributed by atoms with E-state index in [-0.39, 0.29) is 16.7 Å². The van der Waals surface area contributed by atoms with Gasteiger partial charge >= 0.3 is 7.25 Å². The van der Waals surface area contributed by atoms with Crippen LogP contribution in [-0.4, -0.2) is 14.4 Å². The first-order valence-electron chi connectivity index (χ1n) is 8.16. The van der Waals surface area contributed by atoms with Crippen LogP contribution in [0.5, 0.6) is 5.75 Å². The predicted molar refractivity (Wildman–Crippen MR) is 100 cm³/mol. The van der Waals surface area contributed by atoms with E-state index in [1.54, 1.807) is 18.2 Å². The molecule has 3 aromatic rings. The average molecular weight is 452 g/mol. The molecule has 3 rings (SSSR count). The lowest BCUT2D eigenvalue weighted by Gasteiger charge is -2.07. The van der Waals surface area contributed by atoms with E-state index in [2.05, 4.69) is 0 Å². The van der Waals surface area contributed by atoms with Gasteiger partial charge < -0.3 is 22.0 Å². The standard InChI is InChI=1S/C19H12F4OS.BF4/c1-24-12-7-8-15(13(9-12)11-5-3-2-4-6-11)25-16-10-14(20)17(21)19(23)18(16)22;2-1(3,4)5/h2-10H,1H3;/q;-1/p+1. The Balaban J connectivity index is 0.000000575. The minimum atomic E-state index is -6.00. The summed E-state index contributed by atoms with van der Waals surface area (Å²) in [6.07, 6.45) is 0. The third kappa shape index (κ3) is 6.41. The zero-order valence-corrected chi connectivity index (χ0v) is 16.0. The van der Waals surface area contributed by atoms with E-state index in [9.17, 15) is 34.8 Å². The molecule has 0 bridgehead atoms. The molecule has 0 heterocycles. The number of hydrogen-bond donors (Lipinski definition) is 0. The van der Waals surface area contributed by atoms with Crippen molar-refractivity contribution in [3.63, 3.8) is 0 Å². The Kier molecular flexibility index (Phi) is 7.77. The van der Waals surface area contributed by atoms with Gasteiger partial charge in [0.15, 0.2) is 21.4 Å². The number of hydrogen-bond acceptors (Lipinski definition) is 1. The number of methoxy groups -OCH3 is 1. The summed E-state index contributed by atoms with van der Waals surface area (Å²) >= 11 is 0.212. The molecule has 0 atom stereocenters. The summed E-state index contributed by atoms with van der Waals surface area (Å²) < 4.78 is 98.3. The van der Waals surface area contributed by atoms with Crippen LogP contribution in [0.25, 0.3) is 11.1 Å². The van der Waals surface area contributed by atoms with Crippen molar-refractivity contribution in [2.75, 3.05) is 7.11 Å². The van der Waals surface area contributed by atoms with Gasteiger partial charge in [-0.2, -0.15) is 4.39 Å². The number of benzene rings is 3. The lowest BCUT2D eigenvalue weighted by Crippen LogP contribution is -2.02. The molecule has 0 amide bonds. The Bertz CT molecular complexity index is 1010. The molecule has 3 aromatic carbocycles. The van der Waals surface area contributed by atoms with Crippen LogP contribution >= 0.6 is 0 Å². The number of rotatable bonds is 4. The van der Waals surface area contributed by atoms with Crippen molar-refractivity contribution in [2.45, 2.75) is 9.79 Å². The molecule has 0 fully saturated rings. The molecule has 1 nitrogen and oxygen atoms in total. The maximum absolute atomic E-state index is 14.0. The van der Waals surface area contributed by atoms with Gasteiger partial charge in [0.05, 0.1) is 18.9 Å². The first kappa shape index (κ1) is 23.6. The van der Waals surface area contributed by atoms with Gasteiger partial charge in [0, 0.05) is 11.6 Å². The highest BCUT2D eigenvalue weighted by Gasteiger charge is 2.26. The maximum Gasteiger partial charge on any atom is 0.673 e. The Hall–Kier alpha value is -2.69. The Labute approximate surface area is 170 Å². The number of ether oxygens (including phenoxy) is 1. The summed E-state index contributed by atoms with van der Waals surface area (Å²) in [4.78, 5) is 0.329. The summed E-state index contributed by atoms with van der Waals surface area (Å²) in [7, 11) is -4.48. The van der Waals surface area contributed by atoms with Crippen molar-refractivity contribution in [3.05, 3.63) is 77.9 Å². The Morgan fingerprint density at radius 1 is 0.733 bits per heavy atom. The molecule has 0 saturated heterocycles. The molecule has 160 valence electrons. The van der Waals surface area contributed by atoms with Crippen LogP contribution in [-0.2, 0) is 11.8 Å². The van der Waals surface area contributed by atoms with E-state index >= 15 is 0 Å². The molecule has 0 unspecified atom stereocenters. The third-order valence-electron chi connectivity index (χ3n) is 3.61. The fourth-order valence-corrected chi connectivity index (χ4v) is 3.46. The highest BCUT2D eigenvalue weighted by molar-refractivity contribution is 7.78. The van der Waals surface area contributed by atoms with Gasteiger partial charge in [0.1, 0.15) is 5.75 Å². The monoisotopic (exact) mass is 452 g/mol. The zero-order valence-electron chi connectivity index (χ0n) is 15.2. The molecule has 0 spiro atoms. The van der Waals surface area contributed by atoms with Crippen LogP contribution in [0.1, 0.15) is 0 Å². The van der Waals surface area contributed by atoms with E-state index in [1.165, 1.54) is 7.11 Å². The van der Waals surface area contributed by atoms with Crippen molar-refractivity contribution in [2.24, 2.45) is 0 Å². The summed E-state index contributed by atoms with van der Waals surface area (Å²) in [5, 5.41) is 0. The van der Waals surface area contributed by atoms with Crippen molar-refractivity contribution in [3.8, 4) is 16.9 Å². The molecule has 0 aromatic heterocycles. The van der Waals surface area contributed by atoms with Crippen LogP contribution in [0.2, 0.25) is 0 Å². The van der Waals surface area contributed by atoms with Crippen LogP contribution in [0, 0.1) is 23.3 Å². The molecule has 0 aliphatic rings. The highest BCUT2D eigenvalue weighted by atomic mass is 32.2. The molecule has 30 heavy (non-hydrogen) atoms. The highest BCUT2D eigenvalue weighted by Crippen LogP contribution is 2.32. The van der Waals surface area contributed by atoms with E-state index in [1.807, 2.05) is 30.3 Å². The van der Waals surface area contributed by atoms with Crippen LogP contribution < -0.4 is 4.74 Å². The van der Waals surface area contributed by atoms with Gasteiger partial charge in [0.25, 0.3) is 0 Å². The minimum absolute atomic E-state index is 0.212. The SMILES string of the molecule is COc1ccc([SH+]c2cc(F)c(F)c(F)c2F)c(-c2ccccc2)c1.F[B-](F)(F)F. The molecule has 0 aliphatic carbocycles. The molecule has 11 heteroatoms. The lowest BCUT2D eigenvalue weighted by molar-refractivity contribution is 0.368. The van der Waals surface area contributed by atoms with Crippen molar-refractivity contribution >= 4 is 19.0 Å². The summed E-state index contributed by atoms with van der Waals surface area (Å²) in [5.41, 5.74) is 1.57. The normalized spacial score (nSPS) is 11.0. The third-order valence-corrected chi connectivity index (χ3v) is 4.81. The second kappa shape index (κ2) is 9.88. The van der Waals surface area contributed by atoms with Crippen LogP contribution in [0.15, 0.2) is 64.4 Å². The maximum atomic E-state index is 14.0. The second-order valence-corrected chi connectivity index (χ2v) is 6.86.